The van der Waals surface area contributed by atoms with E-state index in [0.717, 1.165) is 21.7 Å². The zero-order valence-corrected chi connectivity index (χ0v) is 13.8. The molecule has 1 amide bonds. The van der Waals surface area contributed by atoms with Gasteiger partial charge in [-0.3, -0.25) is 0 Å². The molecule has 0 unspecified atom stereocenters. The smallest absolute Gasteiger partial charge is 0.407 e. The van der Waals surface area contributed by atoms with Crippen LogP contribution < -0.4 is 5.32 Å². The maximum Gasteiger partial charge on any atom is 0.407 e. The Bertz CT molecular complexity index is 648. The zero-order valence-electron chi connectivity index (χ0n) is 13.1. The Morgan fingerprint density at radius 3 is 2.70 bits per heavy atom. The first-order valence-electron chi connectivity index (χ1n) is 7.53. The molecule has 2 aromatic carbocycles. The minimum atomic E-state index is -0.406. The number of benzene rings is 2. The number of amides is 1. The summed E-state index contributed by atoms with van der Waals surface area (Å²) in [5.41, 5.74) is 3.11. The summed E-state index contributed by atoms with van der Waals surface area (Å²) in [6.07, 6.45) is 4.28. The van der Waals surface area contributed by atoms with Crippen LogP contribution in [0.15, 0.2) is 54.6 Å². The minimum absolute atomic E-state index is 0.279. The fourth-order valence-electron chi connectivity index (χ4n) is 2.09. The number of ether oxygens (including phenoxy) is 1. The third-order valence-electron chi connectivity index (χ3n) is 3.35. The molecule has 0 saturated carbocycles. The van der Waals surface area contributed by atoms with Crippen LogP contribution in [0.3, 0.4) is 0 Å². The van der Waals surface area contributed by atoms with Gasteiger partial charge in [-0.05, 0) is 36.1 Å². The van der Waals surface area contributed by atoms with E-state index in [9.17, 15) is 4.79 Å². The molecule has 0 saturated heterocycles. The Morgan fingerprint density at radius 2 is 1.96 bits per heavy atom. The first-order valence-corrected chi connectivity index (χ1v) is 7.91. The Hall–Kier alpha value is -2.26. The minimum Gasteiger partial charge on any atom is -0.445 e. The van der Waals surface area contributed by atoms with Crippen molar-refractivity contribution in [2.24, 2.45) is 0 Å². The van der Waals surface area contributed by atoms with E-state index in [1.807, 2.05) is 67.6 Å². The number of carbonyl (C=O) groups is 1. The van der Waals surface area contributed by atoms with Crippen LogP contribution in [0.1, 0.15) is 23.1 Å². The molecular weight excluding hydrogens is 310 g/mol. The van der Waals surface area contributed by atoms with Crippen molar-refractivity contribution in [1.82, 2.24) is 5.32 Å². The molecule has 0 radical (unpaired) electrons. The van der Waals surface area contributed by atoms with Gasteiger partial charge in [-0.2, -0.15) is 0 Å². The lowest BCUT2D eigenvalue weighted by atomic mass is 10.1. The monoisotopic (exact) mass is 329 g/mol. The summed E-state index contributed by atoms with van der Waals surface area (Å²) in [4.78, 5) is 11.6. The van der Waals surface area contributed by atoms with Gasteiger partial charge in [-0.1, -0.05) is 66.2 Å². The first kappa shape index (κ1) is 17.1. The average molecular weight is 330 g/mol. The summed E-state index contributed by atoms with van der Waals surface area (Å²) in [5, 5.41) is 3.46. The van der Waals surface area contributed by atoms with E-state index in [-0.39, 0.29) is 6.61 Å². The number of halogens is 1. The number of hydrogen-bond acceptors (Lipinski definition) is 2. The number of aryl methyl sites for hydroxylation is 1. The van der Waals surface area contributed by atoms with Crippen LogP contribution in [0, 0.1) is 6.92 Å². The molecule has 1 N–H and O–H groups in total. The summed E-state index contributed by atoms with van der Waals surface area (Å²) in [7, 11) is 0. The Kier molecular flexibility index (Phi) is 6.70. The zero-order chi connectivity index (χ0) is 16.5. The normalized spacial score (nSPS) is 10.7. The van der Waals surface area contributed by atoms with Gasteiger partial charge in [0.2, 0.25) is 0 Å². The van der Waals surface area contributed by atoms with Crippen molar-refractivity contribution >= 4 is 23.8 Å². The molecule has 0 fully saturated rings. The highest BCUT2D eigenvalue weighted by Gasteiger charge is 2.01. The number of carbonyl (C=O) groups excluding carboxylic acids is 1. The summed E-state index contributed by atoms with van der Waals surface area (Å²) < 4.78 is 5.14. The molecular formula is C19H20ClNO2. The van der Waals surface area contributed by atoms with E-state index >= 15 is 0 Å². The van der Waals surface area contributed by atoms with Crippen LogP contribution in [0.4, 0.5) is 4.79 Å². The maximum absolute atomic E-state index is 11.6. The Morgan fingerprint density at radius 1 is 1.17 bits per heavy atom. The molecule has 0 aliphatic rings. The lowest BCUT2D eigenvalue weighted by Crippen LogP contribution is -2.24. The molecule has 3 nitrogen and oxygen atoms in total. The highest BCUT2D eigenvalue weighted by atomic mass is 35.5. The average Bonchev–Trinajstić information content (AvgIpc) is 2.56. The van der Waals surface area contributed by atoms with Crippen molar-refractivity contribution in [3.63, 3.8) is 0 Å². The second-order valence-electron chi connectivity index (χ2n) is 5.15. The second-order valence-corrected chi connectivity index (χ2v) is 5.56. The van der Waals surface area contributed by atoms with Crippen LogP contribution in [0.25, 0.3) is 6.08 Å². The van der Waals surface area contributed by atoms with E-state index in [1.54, 1.807) is 0 Å². The summed E-state index contributed by atoms with van der Waals surface area (Å²) in [5.74, 6) is 0. The molecule has 0 aliphatic heterocycles. The topological polar surface area (TPSA) is 38.3 Å². The molecule has 120 valence electrons. The SMILES string of the molecule is Cc1cccc(Cl)c1C=CCCNC(=O)OCc1ccccc1. The molecule has 0 heterocycles. The quantitative estimate of drug-likeness (QED) is 0.759. The number of rotatable bonds is 6. The summed E-state index contributed by atoms with van der Waals surface area (Å²) in [6.45, 7) is 2.82. The predicted molar refractivity (Wildman–Crippen MR) is 94.5 cm³/mol. The largest absolute Gasteiger partial charge is 0.445 e. The van der Waals surface area contributed by atoms with Crippen LogP contribution in [-0.2, 0) is 11.3 Å². The van der Waals surface area contributed by atoms with E-state index in [4.69, 9.17) is 16.3 Å². The lowest BCUT2D eigenvalue weighted by molar-refractivity contribution is 0.140. The van der Waals surface area contributed by atoms with Crippen LogP contribution in [0.5, 0.6) is 0 Å². The predicted octanol–water partition coefficient (Wildman–Crippen LogP) is 4.98. The molecule has 0 aromatic heterocycles. The standard InChI is InChI=1S/C19H20ClNO2/c1-15-8-7-12-18(20)17(15)11-5-6-13-21-19(22)23-14-16-9-3-2-4-10-16/h2-5,7-12H,6,13-14H2,1H3,(H,21,22). The highest BCUT2D eigenvalue weighted by Crippen LogP contribution is 2.20. The third kappa shape index (κ3) is 5.80. The molecule has 0 atom stereocenters. The van der Waals surface area contributed by atoms with Crippen LogP contribution in [0.2, 0.25) is 5.02 Å². The molecule has 4 heteroatoms. The van der Waals surface area contributed by atoms with Crippen molar-refractivity contribution in [2.75, 3.05) is 6.54 Å². The molecule has 2 aromatic rings. The van der Waals surface area contributed by atoms with Crippen LogP contribution >= 0.6 is 11.6 Å². The van der Waals surface area contributed by atoms with E-state index in [1.165, 1.54) is 0 Å². The molecule has 0 spiro atoms. The van der Waals surface area contributed by atoms with E-state index in [2.05, 4.69) is 5.32 Å². The second kappa shape index (κ2) is 9.01. The van der Waals surface area contributed by atoms with E-state index < -0.39 is 6.09 Å². The lowest BCUT2D eigenvalue weighted by Gasteiger charge is -2.06. The van der Waals surface area contributed by atoms with Gasteiger partial charge >= 0.3 is 6.09 Å². The van der Waals surface area contributed by atoms with Gasteiger partial charge in [0.15, 0.2) is 0 Å². The van der Waals surface area contributed by atoms with Crippen molar-refractivity contribution in [1.29, 1.82) is 0 Å². The van der Waals surface area contributed by atoms with Crippen molar-refractivity contribution < 1.29 is 9.53 Å². The van der Waals surface area contributed by atoms with Gasteiger partial charge in [0.25, 0.3) is 0 Å². The third-order valence-corrected chi connectivity index (χ3v) is 3.68. The molecule has 23 heavy (non-hydrogen) atoms. The maximum atomic E-state index is 11.6. The van der Waals surface area contributed by atoms with Gasteiger partial charge in [0.1, 0.15) is 6.61 Å². The summed E-state index contributed by atoms with van der Waals surface area (Å²) in [6, 6.07) is 15.4. The van der Waals surface area contributed by atoms with Crippen molar-refractivity contribution in [2.45, 2.75) is 20.0 Å². The fourth-order valence-corrected chi connectivity index (χ4v) is 2.37. The fraction of sp³-hybridized carbons (Fsp3) is 0.211. The molecule has 0 bridgehead atoms. The Labute approximate surface area is 141 Å². The van der Waals surface area contributed by atoms with Gasteiger partial charge in [0, 0.05) is 11.6 Å². The van der Waals surface area contributed by atoms with Crippen LogP contribution in [-0.4, -0.2) is 12.6 Å². The van der Waals surface area contributed by atoms with E-state index in [0.29, 0.717) is 13.0 Å². The molecule has 2 rings (SSSR count). The number of hydrogen-bond donors (Lipinski definition) is 1. The Balaban J connectivity index is 1.69. The number of nitrogens with one attached hydrogen (secondary N) is 1. The van der Waals surface area contributed by atoms with Gasteiger partial charge in [-0.15, -0.1) is 0 Å². The van der Waals surface area contributed by atoms with Gasteiger partial charge in [-0.25, -0.2) is 4.79 Å². The highest BCUT2D eigenvalue weighted by molar-refractivity contribution is 6.32. The van der Waals surface area contributed by atoms with Gasteiger partial charge < -0.3 is 10.1 Å². The van der Waals surface area contributed by atoms with Gasteiger partial charge in [0.05, 0.1) is 0 Å². The molecule has 0 aliphatic carbocycles. The van der Waals surface area contributed by atoms with Crippen molar-refractivity contribution in [3.05, 3.63) is 76.3 Å². The number of alkyl carbamates (subject to hydrolysis) is 1. The first-order chi connectivity index (χ1) is 11.2. The summed E-state index contributed by atoms with van der Waals surface area (Å²) >= 11 is 6.15. The van der Waals surface area contributed by atoms with Crippen molar-refractivity contribution in [3.8, 4) is 0 Å².